The van der Waals surface area contributed by atoms with Gasteiger partial charge in [0, 0.05) is 32.5 Å². The van der Waals surface area contributed by atoms with E-state index in [-0.39, 0.29) is 19.1 Å². The molecule has 2 amide bonds. The number of halogens is 3. The fraction of sp³-hybridized carbons (Fsp3) is 0.917. The predicted octanol–water partition coefficient (Wildman–Crippen LogP) is 2.13. The highest BCUT2D eigenvalue weighted by molar-refractivity contribution is 5.74. The molecular formula is C12H21F3N2O2. The molecule has 1 aliphatic rings. The second-order valence-corrected chi connectivity index (χ2v) is 5.43. The van der Waals surface area contributed by atoms with Crippen molar-refractivity contribution in [3.63, 3.8) is 0 Å². The van der Waals surface area contributed by atoms with Crippen molar-refractivity contribution >= 4 is 6.03 Å². The van der Waals surface area contributed by atoms with Crippen molar-refractivity contribution in [3.8, 4) is 0 Å². The van der Waals surface area contributed by atoms with Crippen LogP contribution >= 0.6 is 0 Å². The second-order valence-electron chi connectivity index (χ2n) is 5.43. The molecule has 1 rings (SSSR count). The van der Waals surface area contributed by atoms with Crippen molar-refractivity contribution in [2.75, 3.05) is 19.6 Å². The van der Waals surface area contributed by atoms with E-state index in [1.54, 1.807) is 0 Å². The second kappa shape index (κ2) is 5.98. The molecule has 1 saturated heterocycles. The van der Waals surface area contributed by atoms with Crippen molar-refractivity contribution < 1.29 is 23.1 Å². The third-order valence-corrected chi connectivity index (χ3v) is 3.40. The molecule has 1 fully saturated rings. The Labute approximate surface area is 111 Å². The normalized spacial score (nSPS) is 19.6. The number of amides is 2. The molecule has 4 nitrogen and oxygen atoms in total. The van der Waals surface area contributed by atoms with Gasteiger partial charge in [-0.1, -0.05) is 13.8 Å². The van der Waals surface area contributed by atoms with Crippen LogP contribution in [0.25, 0.3) is 0 Å². The highest BCUT2D eigenvalue weighted by Gasteiger charge is 2.54. The molecule has 1 heterocycles. The van der Waals surface area contributed by atoms with E-state index in [1.807, 2.05) is 13.8 Å². The lowest BCUT2D eigenvalue weighted by molar-refractivity contribution is -0.271. The van der Waals surface area contributed by atoms with E-state index in [4.69, 9.17) is 0 Å². The zero-order chi connectivity index (χ0) is 14.7. The van der Waals surface area contributed by atoms with Crippen LogP contribution in [0.1, 0.15) is 33.1 Å². The summed E-state index contributed by atoms with van der Waals surface area (Å²) >= 11 is 0. The third-order valence-electron chi connectivity index (χ3n) is 3.40. The van der Waals surface area contributed by atoms with Gasteiger partial charge in [0.1, 0.15) is 0 Å². The molecule has 112 valence electrons. The summed E-state index contributed by atoms with van der Waals surface area (Å²) in [6, 6.07) is -0.357. The van der Waals surface area contributed by atoms with Crippen molar-refractivity contribution in [2.24, 2.45) is 5.92 Å². The number of hydrogen-bond acceptors (Lipinski definition) is 2. The van der Waals surface area contributed by atoms with Gasteiger partial charge in [-0.3, -0.25) is 0 Å². The molecule has 0 atom stereocenters. The van der Waals surface area contributed by atoms with E-state index in [9.17, 15) is 23.1 Å². The Bertz CT molecular complexity index is 311. The number of rotatable bonds is 3. The summed E-state index contributed by atoms with van der Waals surface area (Å²) in [5, 5.41) is 12.1. The number of hydrogen-bond donors (Lipinski definition) is 2. The van der Waals surface area contributed by atoms with E-state index in [0.717, 1.165) is 6.42 Å². The maximum atomic E-state index is 12.6. The van der Waals surface area contributed by atoms with Gasteiger partial charge in [0.2, 0.25) is 0 Å². The van der Waals surface area contributed by atoms with Crippen LogP contribution in [-0.4, -0.2) is 47.4 Å². The van der Waals surface area contributed by atoms with Gasteiger partial charge < -0.3 is 15.3 Å². The Kier molecular flexibility index (Phi) is 5.06. The quantitative estimate of drug-likeness (QED) is 0.833. The number of aliphatic hydroxyl groups is 1. The van der Waals surface area contributed by atoms with Gasteiger partial charge in [-0.15, -0.1) is 0 Å². The van der Waals surface area contributed by atoms with Gasteiger partial charge in [0.05, 0.1) is 0 Å². The first-order valence-electron chi connectivity index (χ1n) is 6.47. The highest BCUT2D eigenvalue weighted by Crippen LogP contribution is 2.38. The molecule has 0 saturated carbocycles. The Balaban J connectivity index is 2.39. The van der Waals surface area contributed by atoms with Crippen molar-refractivity contribution in [1.29, 1.82) is 0 Å². The summed E-state index contributed by atoms with van der Waals surface area (Å²) in [5.74, 6) is 0.456. The number of likely N-dealkylation sites (tertiary alicyclic amines) is 1. The van der Waals surface area contributed by atoms with E-state index in [0.29, 0.717) is 12.5 Å². The molecule has 19 heavy (non-hydrogen) atoms. The van der Waals surface area contributed by atoms with Crippen LogP contribution < -0.4 is 5.32 Å². The average molecular weight is 282 g/mol. The van der Waals surface area contributed by atoms with Crippen LogP contribution in [0.15, 0.2) is 0 Å². The molecule has 0 aromatic carbocycles. The number of nitrogens with zero attached hydrogens (tertiary/aromatic N) is 1. The van der Waals surface area contributed by atoms with E-state index in [2.05, 4.69) is 5.32 Å². The summed E-state index contributed by atoms with van der Waals surface area (Å²) in [5.41, 5.74) is -2.65. The molecule has 2 N–H and O–H groups in total. The molecule has 1 aliphatic heterocycles. The van der Waals surface area contributed by atoms with Crippen molar-refractivity contribution in [2.45, 2.75) is 44.9 Å². The minimum atomic E-state index is -4.63. The Morgan fingerprint density at radius 1 is 1.37 bits per heavy atom. The van der Waals surface area contributed by atoms with Gasteiger partial charge >= 0.3 is 12.2 Å². The lowest BCUT2D eigenvalue weighted by Gasteiger charge is -2.39. The van der Waals surface area contributed by atoms with Crippen LogP contribution in [0, 0.1) is 5.92 Å². The zero-order valence-corrected chi connectivity index (χ0v) is 11.3. The maximum Gasteiger partial charge on any atom is 0.417 e. The third kappa shape index (κ3) is 4.26. The average Bonchev–Trinajstić information content (AvgIpc) is 2.27. The first-order valence-corrected chi connectivity index (χ1v) is 6.47. The fourth-order valence-electron chi connectivity index (χ4n) is 1.94. The van der Waals surface area contributed by atoms with Crippen LogP contribution in [0.3, 0.4) is 0 Å². The molecule has 0 spiro atoms. The standard InChI is InChI=1S/C12H21F3N2O2/c1-9(2)3-6-16-10(18)17-7-4-11(19,5-8-17)12(13,14)15/h9,19H,3-8H2,1-2H3,(H,16,18). The maximum absolute atomic E-state index is 12.6. The molecule has 0 unspecified atom stereocenters. The fourth-order valence-corrected chi connectivity index (χ4v) is 1.94. The topological polar surface area (TPSA) is 52.6 Å². The molecular weight excluding hydrogens is 261 g/mol. The summed E-state index contributed by atoms with van der Waals surface area (Å²) in [6.07, 6.45) is -4.73. The van der Waals surface area contributed by atoms with E-state index >= 15 is 0 Å². The first kappa shape index (κ1) is 16.1. The molecule has 0 aliphatic carbocycles. The van der Waals surface area contributed by atoms with Gasteiger partial charge in [-0.2, -0.15) is 13.2 Å². The van der Waals surface area contributed by atoms with Gasteiger partial charge in [-0.05, 0) is 12.3 Å². The molecule has 0 bridgehead atoms. The SMILES string of the molecule is CC(C)CCNC(=O)N1CCC(O)(C(F)(F)F)CC1. The molecule has 0 aromatic heterocycles. The first-order chi connectivity index (χ1) is 8.66. The number of alkyl halides is 3. The number of urea groups is 1. The highest BCUT2D eigenvalue weighted by atomic mass is 19.4. The smallest absolute Gasteiger partial charge is 0.380 e. The summed E-state index contributed by atoms with van der Waals surface area (Å²) in [7, 11) is 0. The van der Waals surface area contributed by atoms with Crippen LogP contribution in [0.5, 0.6) is 0 Å². The molecule has 7 heteroatoms. The number of piperidine rings is 1. The van der Waals surface area contributed by atoms with E-state index < -0.39 is 24.6 Å². The Hall–Kier alpha value is -0.980. The molecule has 0 radical (unpaired) electrons. The number of carbonyl (C=O) groups excluding carboxylic acids is 1. The van der Waals surface area contributed by atoms with Gasteiger partial charge in [-0.25, -0.2) is 4.79 Å². The van der Waals surface area contributed by atoms with Crippen LogP contribution in [0.4, 0.5) is 18.0 Å². The summed E-state index contributed by atoms with van der Waals surface area (Å²) < 4.78 is 37.7. The summed E-state index contributed by atoms with van der Waals surface area (Å²) in [4.78, 5) is 13.0. The lowest BCUT2D eigenvalue weighted by Crippen LogP contribution is -2.55. The number of nitrogens with one attached hydrogen (secondary N) is 1. The van der Waals surface area contributed by atoms with Crippen LogP contribution in [0.2, 0.25) is 0 Å². The van der Waals surface area contributed by atoms with Gasteiger partial charge in [0.25, 0.3) is 0 Å². The van der Waals surface area contributed by atoms with Crippen LogP contribution in [-0.2, 0) is 0 Å². The lowest BCUT2D eigenvalue weighted by atomic mass is 9.91. The predicted molar refractivity (Wildman–Crippen MR) is 64.7 cm³/mol. The monoisotopic (exact) mass is 282 g/mol. The largest absolute Gasteiger partial charge is 0.417 e. The Morgan fingerprint density at radius 3 is 2.32 bits per heavy atom. The number of carbonyl (C=O) groups is 1. The molecule has 0 aromatic rings. The van der Waals surface area contributed by atoms with Gasteiger partial charge in [0.15, 0.2) is 5.60 Å². The summed E-state index contributed by atoms with van der Waals surface area (Å²) in [6.45, 7) is 4.40. The Morgan fingerprint density at radius 2 is 1.89 bits per heavy atom. The van der Waals surface area contributed by atoms with E-state index in [1.165, 1.54) is 4.90 Å². The zero-order valence-electron chi connectivity index (χ0n) is 11.3. The minimum absolute atomic E-state index is 0.0798. The van der Waals surface area contributed by atoms with Crippen molar-refractivity contribution in [3.05, 3.63) is 0 Å². The van der Waals surface area contributed by atoms with Crippen molar-refractivity contribution in [1.82, 2.24) is 10.2 Å². The minimum Gasteiger partial charge on any atom is -0.380 e.